The summed E-state index contributed by atoms with van der Waals surface area (Å²) in [5, 5.41) is 18.1. The van der Waals surface area contributed by atoms with E-state index in [-0.39, 0.29) is 18.1 Å². The van der Waals surface area contributed by atoms with Gasteiger partial charge in [-0.25, -0.2) is 14.8 Å². The van der Waals surface area contributed by atoms with E-state index in [4.69, 9.17) is 19.7 Å². The Morgan fingerprint density at radius 1 is 0.897 bits per heavy atom. The Bertz CT molecular complexity index is 1370. The lowest BCUT2D eigenvalue weighted by Crippen LogP contribution is -2.18. The number of imidazole rings is 1. The fraction of sp³-hybridized carbons (Fsp3) is 0.333. The number of nitrogens with zero attached hydrogens (tertiary/aromatic N) is 3. The minimum Gasteiger partial charge on any atom is -0.493 e. The molecule has 2 aromatic carbocycles. The molecule has 0 aliphatic carbocycles. The zero-order chi connectivity index (χ0) is 27.5. The SMILES string of the molecule is O=C(O)CCCCC(CCc1ccccc1OCCCn1cnc2cccnc21)Oc1ccc(C(=O)O)cc1. The van der Waals surface area contributed by atoms with Gasteiger partial charge < -0.3 is 24.3 Å². The molecule has 0 spiro atoms. The van der Waals surface area contributed by atoms with Crippen LogP contribution in [0.5, 0.6) is 11.5 Å². The predicted octanol–water partition coefficient (Wildman–Crippen LogP) is 5.62. The van der Waals surface area contributed by atoms with Gasteiger partial charge in [0, 0.05) is 19.2 Å². The van der Waals surface area contributed by atoms with Crippen LogP contribution < -0.4 is 9.47 Å². The van der Waals surface area contributed by atoms with Gasteiger partial charge in [-0.05, 0) is 86.6 Å². The van der Waals surface area contributed by atoms with Gasteiger partial charge >= 0.3 is 11.9 Å². The van der Waals surface area contributed by atoms with Crippen LogP contribution >= 0.6 is 0 Å². The third kappa shape index (κ3) is 8.29. The summed E-state index contributed by atoms with van der Waals surface area (Å²) in [7, 11) is 0. The zero-order valence-corrected chi connectivity index (χ0v) is 21.7. The molecule has 0 bridgehead atoms. The van der Waals surface area contributed by atoms with E-state index in [1.807, 2.05) is 41.0 Å². The molecule has 0 aliphatic rings. The van der Waals surface area contributed by atoms with Gasteiger partial charge in [-0.1, -0.05) is 18.2 Å². The van der Waals surface area contributed by atoms with Crippen molar-refractivity contribution in [1.82, 2.24) is 14.5 Å². The van der Waals surface area contributed by atoms with Crippen molar-refractivity contribution in [1.29, 1.82) is 0 Å². The maximum Gasteiger partial charge on any atom is 0.335 e. The molecule has 9 heteroatoms. The maximum atomic E-state index is 11.2. The molecule has 0 amide bonds. The number of ether oxygens (including phenoxy) is 2. The maximum absolute atomic E-state index is 11.2. The Morgan fingerprint density at radius 2 is 1.72 bits per heavy atom. The molecule has 0 fully saturated rings. The average molecular weight is 532 g/mol. The fourth-order valence-electron chi connectivity index (χ4n) is 4.42. The fourth-order valence-corrected chi connectivity index (χ4v) is 4.42. The highest BCUT2D eigenvalue weighted by molar-refractivity contribution is 5.87. The molecule has 2 heterocycles. The average Bonchev–Trinajstić information content (AvgIpc) is 3.35. The third-order valence-electron chi connectivity index (χ3n) is 6.45. The highest BCUT2D eigenvalue weighted by atomic mass is 16.5. The van der Waals surface area contributed by atoms with Crippen molar-refractivity contribution in [3.05, 3.63) is 84.3 Å². The van der Waals surface area contributed by atoms with Crippen LogP contribution in [0.1, 0.15) is 54.4 Å². The Morgan fingerprint density at radius 3 is 2.51 bits per heavy atom. The molecule has 1 atom stereocenters. The molecular weight excluding hydrogens is 498 g/mol. The topological polar surface area (TPSA) is 124 Å². The number of hydrogen-bond acceptors (Lipinski definition) is 6. The summed E-state index contributed by atoms with van der Waals surface area (Å²) in [6.07, 6.45) is 7.78. The van der Waals surface area contributed by atoms with E-state index >= 15 is 0 Å². The number of carboxylic acid groups (broad SMARTS) is 2. The minimum atomic E-state index is -0.988. The quantitative estimate of drug-likeness (QED) is 0.179. The summed E-state index contributed by atoms with van der Waals surface area (Å²) in [6, 6.07) is 18.1. The molecule has 39 heavy (non-hydrogen) atoms. The van der Waals surface area contributed by atoms with E-state index in [9.17, 15) is 9.59 Å². The number of benzene rings is 2. The summed E-state index contributed by atoms with van der Waals surface area (Å²) in [6.45, 7) is 1.30. The number of para-hydroxylation sites is 1. The third-order valence-corrected chi connectivity index (χ3v) is 6.45. The lowest BCUT2D eigenvalue weighted by Gasteiger charge is -2.20. The monoisotopic (exact) mass is 531 g/mol. The first-order valence-electron chi connectivity index (χ1n) is 13.2. The van der Waals surface area contributed by atoms with Gasteiger partial charge in [0.15, 0.2) is 5.65 Å². The molecule has 2 N–H and O–H groups in total. The second-order valence-corrected chi connectivity index (χ2v) is 9.34. The molecule has 204 valence electrons. The van der Waals surface area contributed by atoms with Crippen LogP contribution in [0.2, 0.25) is 0 Å². The van der Waals surface area contributed by atoms with E-state index in [0.717, 1.165) is 48.3 Å². The van der Waals surface area contributed by atoms with Crippen LogP contribution in [-0.2, 0) is 17.8 Å². The van der Waals surface area contributed by atoms with Gasteiger partial charge in [-0.15, -0.1) is 0 Å². The summed E-state index contributed by atoms with van der Waals surface area (Å²) in [5.74, 6) is -0.366. The normalized spacial score (nSPS) is 11.8. The van der Waals surface area contributed by atoms with Crippen LogP contribution in [0.25, 0.3) is 11.2 Å². The van der Waals surface area contributed by atoms with Crippen LogP contribution in [0.3, 0.4) is 0 Å². The first-order chi connectivity index (χ1) is 19.0. The highest BCUT2D eigenvalue weighted by Crippen LogP contribution is 2.24. The summed E-state index contributed by atoms with van der Waals surface area (Å²) < 4.78 is 14.4. The van der Waals surface area contributed by atoms with E-state index in [2.05, 4.69) is 9.97 Å². The molecular formula is C30H33N3O6. The number of unbranched alkanes of at least 4 members (excludes halogenated alkanes) is 1. The second kappa shape index (κ2) is 13.9. The van der Waals surface area contributed by atoms with Crippen LogP contribution in [0.15, 0.2) is 73.2 Å². The van der Waals surface area contributed by atoms with E-state index in [1.165, 1.54) is 12.1 Å². The molecule has 4 aromatic rings. The van der Waals surface area contributed by atoms with E-state index < -0.39 is 11.9 Å². The number of carboxylic acids is 2. The summed E-state index contributed by atoms with van der Waals surface area (Å²) in [5.41, 5.74) is 3.02. The van der Waals surface area contributed by atoms with Gasteiger partial charge in [0.2, 0.25) is 0 Å². The molecule has 9 nitrogen and oxygen atoms in total. The van der Waals surface area contributed by atoms with Gasteiger partial charge in [-0.2, -0.15) is 0 Å². The number of fused-ring (bicyclic) bond motifs is 1. The standard InChI is InChI=1S/C30H33N3O6/c34-28(35)11-4-2-8-24(39-25-16-13-23(14-17-25)30(36)37)15-12-22-7-1-3-10-27(22)38-20-6-19-33-21-32-26-9-5-18-31-29(26)33/h1,3,5,7,9-10,13-14,16-18,21,24H,2,4,6,8,11-12,15,19-20H2,(H,34,35)(H,36,37). The van der Waals surface area contributed by atoms with Crippen molar-refractivity contribution in [2.24, 2.45) is 0 Å². The van der Waals surface area contributed by atoms with Crippen LogP contribution in [-0.4, -0.2) is 49.4 Å². The Balaban J connectivity index is 1.32. The molecule has 2 aromatic heterocycles. The highest BCUT2D eigenvalue weighted by Gasteiger charge is 2.14. The van der Waals surface area contributed by atoms with Crippen molar-refractivity contribution in [3.63, 3.8) is 0 Å². The van der Waals surface area contributed by atoms with Crippen molar-refractivity contribution in [2.75, 3.05) is 6.61 Å². The minimum absolute atomic E-state index is 0.127. The van der Waals surface area contributed by atoms with Crippen molar-refractivity contribution < 1.29 is 29.3 Å². The van der Waals surface area contributed by atoms with Crippen molar-refractivity contribution >= 4 is 23.1 Å². The number of aryl methyl sites for hydroxylation is 2. The Labute approximate surface area is 227 Å². The summed E-state index contributed by atoms with van der Waals surface area (Å²) in [4.78, 5) is 30.8. The van der Waals surface area contributed by atoms with Gasteiger partial charge in [0.05, 0.1) is 24.6 Å². The smallest absolute Gasteiger partial charge is 0.335 e. The lowest BCUT2D eigenvalue weighted by molar-refractivity contribution is -0.137. The zero-order valence-electron chi connectivity index (χ0n) is 21.7. The van der Waals surface area contributed by atoms with Crippen molar-refractivity contribution in [3.8, 4) is 11.5 Å². The molecule has 4 rings (SSSR count). The van der Waals surface area contributed by atoms with Crippen LogP contribution in [0, 0.1) is 0 Å². The van der Waals surface area contributed by atoms with Gasteiger partial charge in [-0.3, -0.25) is 4.79 Å². The number of aromatic carboxylic acids is 1. The molecule has 0 aliphatic heterocycles. The largest absolute Gasteiger partial charge is 0.493 e. The molecule has 0 saturated carbocycles. The van der Waals surface area contributed by atoms with Crippen LogP contribution in [0.4, 0.5) is 0 Å². The summed E-state index contributed by atoms with van der Waals surface area (Å²) >= 11 is 0. The number of aliphatic carboxylic acids is 1. The van der Waals surface area contributed by atoms with Crippen molar-refractivity contribution in [2.45, 2.75) is 57.6 Å². The second-order valence-electron chi connectivity index (χ2n) is 9.34. The molecule has 0 saturated heterocycles. The van der Waals surface area contributed by atoms with Gasteiger partial charge in [0.1, 0.15) is 17.0 Å². The Hall–Kier alpha value is -4.40. The lowest BCUT2D eigenvalue weighted by atomic mass is 10.0. The first-order valence-corrected chi connectivity index (χ1v) is 13.2. The van der Waals surface area contributed by atoms with E-state index in [0.29, 0.717) is 31.6 Å². The molecule has 0 radical (unpaired) electrons. The Kier molecular flexibility index (Phi) is 9.88. The number of hydrogen-bond donors (Lipinski definition) is 2. The number of carbonyl (C=O) groups is 2. The number of aromatic nitrogens is 3. The first kappa shape index (κ1) is 27.6. The van der Waals surface area contributed by atoms with Gasteiger partial charge in [0.25, 0.3) is 0 Å². The number of pyridine rings is 1. The van der Waals surface area contributed by atoms with E-state index in [1.54, 1.807) is 24.7 Å². The number of rotatable bonds is 16. The predicted molar refractivity (Wildman–Crippen MR) is 146 cm³/mol. The molecule has 1 unspecified atom stereocenters.